The van der Waals surface area contributed by atoms with Gasteiger partial charge in [-0.15, -0.1) is 0 Å². The Kier molecular flexibility index (Phi) is 2.65. The third-order valence-corrected chi connectivity index (χ3v) is 2.06. The molecule has 1 rings (SSSR count). The summed E-state index contributed by atoms with van der Waals surface area (Å²) in [6.45, 7) is 0.256. The molecule has 0 radical (unpaired) electrons. The molecule has 1 saturated heterocycles. The lowest BCUT2D eigenvalue weighted by Crippen LogP contribution is -2.45. The topological polar surface area (TPSA) is 86.6 Å². The van der Waals surface area contributed by atoms with Gasteiger partial charge in [0.2, 0.25) is 0 Å². The van der Waals surface area contributed by atoms with E-state index in [0.29, 0.717) is 12.8 Å². The highest BCUT2D eigenvalue weighted by atomic mass is 16.4. The summed E-state index contributed by atoms with van der Waals surface area (Å²) in [6, 6.07) is -0.569. The average Bonchev–Trinajstić information content (AvgIpc) is 2.04. The molecule has 5 nitrogen and oxygen atoms in total. The number of carboxylic acid groups (broad SMARTS) is 2. The molecule has 3 N–H and O–H groups in total. The summed E-state index contributed by atoms with van der Waals surface area (Å²) in [6.07, 6.45) is 0.839. The molecule has 0 bridgehead atoms. The number of carbonyl (C=O) groups is 2. The number of hydrogen-bond donors (Lipinski definition) is 3. The van der Waals surface area contributed by atoms with Crippen molar-refractivity contribution in [2.24, 2.45) is 5.92 Å². The van der Waals surface area contributed by atoms with Crippen LogP contribution in [-0.2, 0) is 9.59 Å². The molecule has 1 aliphatic rings. The van der Waals surface area contributed by atoms with Crippen LogP contribution < -0.4 is 5.32 Å². The van der Waals surface area contributed by atoms with E-state index in [9.17, 15) is 9.59 Å². The van der Waals surface area contributed by atoms with Gasteiger partial charge in [-0.05, 0) is 12.8 Å². The van der Waals surface area contributed by atoms with Gasteiger partial charge in [-0.25, -0.2) is 0 Å². The molecule has 0 amide bonds. The molecule has 1 fully saturated rings. The van der Waals surface area contributed by atoms with Gasteiger partial charge in [0.05, 0.1) is 5.92 Å². The first kappa shape index (κ1) is 8.99. The van der Waals surface area contributed by atoms with Crippen LogP contribution in [0.4, 0.5) is 0 Å². The second-order valence-corrected chi connectivity index (χ2v) is 2.91. The summed E-state index contributed by atoms with van der Waals surface area (Å²) in [5.74, 6) is -2.19. The first-order valence-electron chi connectivity index (χ1n) is 3.80. The van der Waals surface area contributed by atoms with E-state index in [1.54, 1.807) is 0 Å². The van der Waals surface area contributed by atoms with Crippen LogP contribution in [0, 0.1) is 5.92 Å². The predicted molar refractivity (Wildman–Crippen MR) is 39.8 cm³/mol. The standard InChI is InChI=1S/C7H11NO4/c9-6(10)4-1-2-5(7(11)12)8-3-4/h4-5,8H,1-3H2,(H,9,10)(H,11,12)/t4-,5+/m0/s1. The highest BCUT2D eigenvalue weighted by Gasteiger charge is 2.28. The van der Waals surface area contributed by atoms with Gasteiger partial charge in [0.15, 0.2) is 0 Å². The molecule has 0 aromatic heterocycles. The number of aliphatic carboxylic acids is 2. The molecule has 0 unspecified atom stereocenters. The smallest absolute Gasteiger partial charge is 0.320 e. The zero-order valence-corrected chi connectivity index (χ0v) is 6.49. The van der Waals surface area contributed by atoms with Crippen LogP contribution in [0.3, 0.4) is 0 Å². The molecule has 1 heterocycles. The molecule has 2 atom stereocenters. The van der Waals surface area contributed by atoms with Gasteiger partial charge in [0, 0.05) is 6.54 Å². The molecule has 12 heavy (non-hydrogen) atoms. The maximum Gasteiger partial charge on any atom is 0.320 e. The van der Waals surface area contributed by atoms with Crippen molar-refractivity contribution in [1.82, 2.24) is 5.32 Å². The molecule has 68 valence electrons. The van der Waals surface area contributed by atoms with Crippen LogP contribution >= 0.6 is 0 Å². The van der Waals surface area contributed by atoms with Crippen LogP contribution in [0.15, 0.2) is 0 Å². The van der Waals surface area contributed by atoms with Crippen LogP contribution in [0.2, 0.25) is 0 Å². The molecular formula is C7H11NO4. The fraction of sp³-hybridized carbons (Fsp3) is 0.714. The van der Waals surface area contributed by atoms with Crippen molar-refractivity contribution in [3.63, 3.8) is 0 Å². The van der Waals surface area contributed by atoms with Gasteiger partial charge >= 0.3 is 11.9 Å². The van der Waals surface area contributed by atoms with Crippen molar-refractivity contribution in [1.29, 1.82) is 0 Å². The maximum absolute atomic E-state index is 10.4. The fourth-order valence-electron chi connectivity index (χ4n) is 1.28. The lowest BCUT2D eigenvalue weighted by Gasteiger charge is -2.24. The third kappa shape index (κ3) is 1.94. The van der Waals surface area contributed by atoms with Crippen molar-refractivity contribution in [2.75, 3.05) is 6.54 Å². The Bertz CT molecular complexity index is 174. The van der Waals surface area contributed by atoms with E-state index in [-0.39, 0.29) is 6.54 Å². The summed E-state index contributed by atoms with van der Waals surface area (Å²) < 4.78 is 0. The Labute approximate surface area is 69.4 Å². The molecule has 0 saturated carbocycles. The quantitative estimate of drug-likeness (QED) is 0.525. The third-order valence-electron chi connectivity index (χ3n) is 2.06. The first-order valence-corrected chi connectivity index (χ1v) is 3.80. The summed E-state index contributed by atoms with van der Waals surface area (Å²) in [5, 5.41) is 19.8. The Morgan fingerprint density at radius 1 is 1.17 bits per heavy atom. The first-order chi connectivity index (χ1) is 5.61. The second-order valence-electron chi connectivity index (χ2n) is 2.91. The maximum atomic E-state index is 10.4. The number of hydrogen-bond acceptors (Lipinski definition) is 3. The minimum absolute atomic E-state index is 0.256. The van der Waals surface area contributed by atoms with E-state index >= 15 is 0 Å². The Morgan fingerprint density at radius 2 is 1.83 bits per heavy atom. The normalized spacial score (nSPS) is 29.7. The van der Waals surface area contributed by atoms with Gasteiger partial charge in [-0.2, -0.15) is 0 Å². The summed E-state index contributed by atoms with van der Waals surface area (Å²) in [5.41, 5.74) is 0. The van der Waals surface area contributed by atoms with E-state index in [2.05, 4.69) is 5.32 Å². The lowest BCUT2D eigenvalue weighted by atomic mass is 9.95. The van der Waals surface area contributed by atoms with Crippen LogP contribution in [0.25, 0.3) is 0 Å². The molecule has 5 heteroatoms. The summed E-state index contributed by atoms with van der Waals surface area (Å²) in [7, 11) is 0. The second kappa shape index (κ2) is 3.53. The Balaban J connectivity index is 2.39. The van der Waals surface area contributed by atoms with E-state index in [1.165, 1.54) is 0 Å². The average molecular weight is 173 g/mol. The van der Waals surface area contributed by atoms with Crippen molar-refractivity contribution in [3.05, 3.63) is 0 Å². The molecular weight excluding hydrogens is 162 g/mol. The predicted octanol–water partition coefficient (Wildman–Crippen LogP) is -0.476. The number of piperidine rings is 1. The van der Waals surface area contributed by atoms with Crippen molar-refractivity contribution >= 4 is 11.9 Å². The Hall–Kier alpha value is -1.10. The number of rotatable bonds is 2. The molecule has 1 aliphatic heterocycles. The van der Waals surface area contributed by atoms with Gasteiger partial charge in [0.1, 0.15) is 6.04 Å². The lowest BCUT2D eigenvalue weighted by molar-refractivity contribution is -0.146. The number of nitrogens with one attached hydrogen (secondary N) is 1. The fourth-order valence-corrected chi connectivity index (χ4v) is 1.28. The van der Waals surface area contributed by atoms with E-state index in [0.717, 1.165) is 0 Å². The van der Waals surface area contributed by atoms with E-state index in [4.69, 9.17) is 10.2 Å². The van der Waals surface area contributed by atoms with Gasteiger partial charge < -0.3 is 15.5 Å². The van der Waals surface area contributed by atoms with E-state index in [1.807, 2.05) is 0 Å². The van der Waals surface area contributed by atoms with Crippen LogP contribution in [0.5, 0.6) is 0 Å². The minimum Gasteiger partial charge on any atom is -0.481 e. The van der Waals surface area contributed by atoms with Gasteiger partial charge in [0.25, 0.3) is 0 Å². The van der Waals surface area contributed by atoms with Crippen molar-refractivity contribution in [3.8, 4) is 0 Å². The summed E-state index contributed by atoms with van der Waals surface area (Å²) in [4.78, 5) is 20.9. The summed E-state index contributed by atoms with van der Waals surface area (Å²) >= 11 is 0. The SMILES string of the molecule is O=C(O)[C@H]1CC[C@H](C(=O)O)NC1. The minimum atomic E-state index is -0.904. The van der Waals surface area contributed by atoms with Crippen LogP contribution in [0.1, 0.15) is 12.8 Å². The van der Waals surface area contributed by atoms with Gasteiger partial charge in [-0.3, -0.25) is 9.59 Å². The van der Waals surface area contributed by atoms with E-state index < -0.39 is 23.9 Å². The largest absolute Gasteiger partial charge is 0.481 e. The highest BCUT2D eigenvalue weighted by molar-refractivity contribution is 5.75. The van der Waals surface area contributed by atoms with Crippen LogP contribution in [-0.4, -0.2) is 34.7 Å². The molecule has 0 aromatic carbocycles. The Morgan fingerprint density at radius 3 is 2.17 bits per heavy atom. The van der Waals surface area contributed by atoms with Gasteiger partial charge in [-0.1, -0.05) is 0 Å². The molecule has 0 spiro atoms. The zero-order valence-electron chi connectivity index (χ0n) is 6.49. The molecule has 0 aromatic rings. The van der Waals surface area contributed by atoms with Crippen molar-refractivity contribution < 1.29 is 19.8 Å². The highest BCUT2D eigenvalue weighted by Crippen LogP contribution is 2.14. The zero-order chi connectivity index (χ0) is 9.14. The number of carboxylic acids is 2. The van der Waals surface area contributed by atoms with Crippen molar-refractivity contribution in [2.45, 2.75) is 18.9 Å². The molecule has 0 aliphatic carbocycles. The monoisotopic (exact) mass is 173 g/mol.